The summed E-state index contributed by atoms with van der Waals surface area (Å²) in [6, 6.07) is 12.0. The Morgan fingerprint density at radius 1 is 0.899 bits per heavy atom. The van der Waals surface area contributed by atoms with Gasteiger partial charge in [0.25, 0.3) is 11.8 Å². The molecular weight excluding hydrogens is 887 g/mol. The highest BCUT2D eigenvalue weighted by Crippen LogP contribution is 2.27. The molecule has 4 aliphatic rings. The standard InChI is InChI=1S/C50H61N9O10/c1-6-36-47(64)58-23-11-14-38(58)48(65)56(5)39(28-32-16-19-35(20-17-32)55(3)4)49(66)59-30-33(29-57-24-26-68-27-25-57)18-21-37(59)44(61)54-42(34-12-8-7-9-13-34)50(67)69-31(2)41(45(62)52-36)53-46(63)43-40(60)15-10-22-51-43/h7-10,12-13,15-20,22,31,36-39,41,60H,6,11,14,21,23-30H2,1-5H3,(H,52,62)(H,53,63)/t31-,36-,37+,38+,39+,41+/m1/s1. The summed E-state index contributed by atoms with van der Waals surface area (Å²) in [5, 5.41) is 15.7. The number of benzene rings is 2. The Morgan fingerprint density at radius 2 is 1.62 bits per heavy atom. The molecule has 19 nitrogen and oxygen atoms in total. The van der Waals surface area contributed by atoms with E-state index in [1.54, 1.807) is 37.3 Å². The van der Waals surface area contributed by atoms with Crippen molar-refractivity contribution in [2.75, 3.05) is 72.0 Å². The van der Waals surface area contributed by atoms with Gasteiger partial charge in [0, 0.05) is 77.7 Å². The third-order valence-corrected chi connectivity index (χ3v) is 13.1. The molecule has 6 amide bonds. The molecule has 2 aromatic carbocycles. The lowest BCUT2D eigenvalue weighted by Gasteiger charge is -2.40. The van der Waals surface area contributed by atoms with Crippen LogP contribution >= 0.6 is 0 Å². The number of pyridine rings is 1. The number of likely N-dealkylation sites (N-methyl/N-ethyl adjacent to an activating group) is 1. The number of carbonyl (C=O) groups excluding carboxylic acids is 7. The Labute approximate surface area is 401 Å². The van der Waals surface area contributed by atoms with E-state index in [1.807, 2.05) is 49.3 Å². The van der Waals surface area contributed by atoms with E-state index in [2.05, 4.69) is 25.5 Å². The van der Waals surface area contributed by atoms with Gasteiger partial charge in [-0.2, -0.15) is 0 Å². The lowest BCUT2D eigenvalue weighted by molar-refractivity contribution is -0.152. The zero-order chi connectivity index (χ0) is 49.4. The van der Waals surface area contributed by atoms with Crippen LogP contribution in [0.1, 0.15) is 61.1 Å². The van der Waals surface area contributed by atoms with Gasteiger partial charge in [0.2, 0.25) is 23.6 Å². The van der Waals surface area contributed by atoms with Crippen LogP contribution in [0.4, 0.5) is 5.69 Å². The number of fused-ring (bicyclic) bond motifs is 2. The number of rotatable bonds is 9. The second-order valence-corrected chi connectivity index (χ2v) is 18.0. The fourth-order valence-electron chi connectivity index (χ4n) is 9.12. The van der Waals surface area contributed by atoms with Crippen LogP contribution in [0.2, 0.25) is 0 Å². The number of aromatic hydroxyl groups is 1. The van der Waals surface area contributed by atoms with Crippen LogP contribution < -0.4 is 15.5 Å². The monoisotopic (exact) mass is 947 g/mol. The number of cyclic esters (lactones) is 1. The van der Waals surface area contributed by atoms with E-state index in [-0.39, 0.29) is 44.3 Å². The molecule has 0 spiro atoms. The minimum absolute atomic E-state index is 0.0234. The lowest BCUT2D eigenvalue weighted by Crippen LogP contribution is -2.60. The summed E-state index contributed by atoms with van der Waals surface area (Å²) in [5.41, 5.74) is 1.89. The van der Waals surface area contributed by atoms with Crippen LogP contribution in [0.5, 0.6) is 5.75 Å². The number of anilines is 1. The molecule has 2 saturated heterocycles. The molecule has 1 aromatic heterocycles. The summed E-state index contributed by atoms with van der Waals surface area (Å²) >= 11 is 0. The fraction of sp³-hybridized carbons (Fsp3) is 0.460. The molecule has 0 aliphatic carbocycles. The average molecular weight is 948 g/mol. The minimum atomic E-state index is -1.68. The molecule has 0 bridgehead atoms. The number of nitrogens with one attached hydrogen (secondary N) is 2. The van der Waals surface area contributed by atoms with E-state index in [1.165, 1.54) is 47.0 Å². The summed E-state index contributed by atoms with van der Waals surface area (Å²) in [6.45, 7) is 6.18. The van der Waals surface area contributed by atoms with Gasteiger partial charge >= 0.3 is 5.97 Å². The third kappa shape index (κ3) is 11.7. The number of hydrogen-bond acceptors (Lipinski definition) is 13. The van der Waals surface area contributed by atoms with Crippen molar-refractivity contribution in [3.05, 3.63) is 101 Å². The van der Waals surface area contributed by atoms with Gasteiger partial charge in [0.15, 0.2) is 11.4 Å². The number of hydrogen-bond donors (Lipinski definition) is 3. The zero-order valence-electron chi connectivity index (χ0n) is 39.7. The first-order valence-electron chi connectivity index (χ1n) is 23.4. The first kappa shape index (κ1) is 49.9. The Kier molecular flexibility index (Phi) is 16.2. The number of ether oxygens (including phenoxy) is 2. The van der Waals surface area contributed by atoms with Crippen molar-refractivity contribution in [2.45, 2.75) is 82.3 Å². The average Bonchev–Trinajstić information content (AvgIpc) is 3.85. The van der Waals surface area contributed by atoms with Gasteiger partial charge in [-0.1, -0.05) is 55.5 Å². The summed E-state index contributed by atoms with van der Waals surface area (Å²) < 4.78 is 11.5. The predicted molar refractivity (Wildman–Crippen MR) is 254 cm³/mol. The van der Waals surface area contributed by atoms with E-state index < -0.39 is 94.9 Å². The maximum atomic E-state index is 15.5. The second-order valence-electron chi connectivity index (χ2n) is 18.0. The second kappa shape index (κ2) is 22.4. The highest BCUT2D eigenvalue weighted by molar-refractivity contribution is 6.45. The third-order valence-electron chi connectivity index (χ3n) is 13.1. The van der Waals surface area contributed by atoms with Gasteiger partial charge in [-0.15, -0.1) is 0 Å². The molecule has 6 atom stereocenters. The van der Waals surface area contributed by atoms with Crippen LogP contribution in [0.15, 0.2) is 89.6 Å². The van der Waals surface area contributed by atoms with Crippen LogP contribution in [-0.2, 0) is 44.7 Å². The Hall–Kier alpha value is -6.99. The molecule has 0 unspecified atom stereocenters. The maximum absolute atomic E-state index is 15.5. The molecule has 7 rings (SSSR count). The van der Waals surface area contributed by atoms with E-state index in [0.29, 0.717) is 39.3 Å². The number of amides is 6. The van der Waals surface area contributed by atoms with Crippen molar-refractivity contribution in [3.63, 3.8) is 0 Å². The largest absolute Gasteiger partial charge is 0.505 e. The van der Waals surface area contributed by atoms with E-state index in [4.69, 9.17) is 9.47 Å². The van der Waals surface area contributed by atoms with Crippen molar-refractivity contribution in [1.29, 1.82) is 0 Å². The van der Waals surface area contributed by atoms with E-state index >= 15 is 4.79 Å². The predicted octanol–water partition coefficient (Wildman–Crippen LogP) is 1.73. The molecule has 5 heterocycles. The highest BCUT2D eigenvalue weighted by atomic mass is 16.5. The maximum Gasteiger partial charge on any atom is 0.358 e. The topological polar surface area (TPSA) is 224 Å². The summed E-state index contributed by atoms with van der Waals surface area (Å²) in [7, 11) is 5.35. The number of carbonyl (C=O) groups is 7. The van der Waals surface area contributed by atoms with Crippen molar-refractivity contribution >= 4 is 52.8 Å². The molecule has 4 aliphatic heterocycles. The summed E-state index contributed by atoms with van der Waals surface area (Å²) in [4.78, 5) is 119. The van der Waals surface area contributed by atoms with Crippen LogP contribution in [0.3, 0.4) is 0 Å². The van der Waals surface area contributed by atoms with E-state index in [9.17, 15) is 33.9 Å². The number of esters is 1. The minimum Gasteiger partial charge on any atom is -0.505 e. The Balaban J connectivity index is 1.34. The van der Waals surface area contributed by atoms with Crippen molar-refractivity contribution < 1.29 is 48.1 Å². The first-order chi connectivity index (χ1) is 33.1. The van der Waals surface area contributed by atoms with Gasteiger partial charge in [-0.05, 0) is 68.0 Å². The Morgan fingerprint density at radius 3 is 2.30 bits per heavy atom. The van der Waals surface area contributed by atoms with Crippen LogP contribution in [0.25, 0.3) is 0 Å². The summed E-state index contributed by atoms with van der Waals surface area (Å²) in [6.07, 6.45) is 2.63. The van der Waals surface area contributed by atoms with Crippen molar-refractivity contribution in [3.8, 4) is 5.75 Å². The quantitative estimate of drug-likeness (QED) is 0.206. The molecule has 19 heteroatoms. The van der Waals surface area contributed by atoms with Gasteiger partial charge in [-0.3, -0.25) is 33.7 Å². The number of aromatic nitrogens is 1. The molecule has 69 heavy (non-hydrogen) atoms. The smallest absolute Gasteiger partial charge is 0.358 e. The summed E-state index contributed by atoms with van der Waals surface area (Å²) in [5.74, 6) is -5.93. The number of nitrogens with zero attached hydrogens (tertiary/aromatic N) is 7. The number of morpholine rings is 1. The van der Waals surface area contributed by atoms with E-state index in [0.717, 1.165) is 16.8 Å². The van der Waals surface area contributed by atoms with Gasteiger partial charge in [-0.25, -0.2) is 14.8 Å². The molecule has 3 aromatic rings. The molecular formula is C50H61N9O10. The Bertz CT molecular complexity index is 2460. The molecule has 0 saturated carbocycles. The van der Waals surface area contributed by atoms with Crippen molar-refractivity contribution in [2.24, 2.45) is 4.99 Å². The molecule has 366 valence electrons. The zero-order valence-corrected chi connectivity index (χ0v) is 39.7. The number of aliphatic imine (C=N–C) groups is 1. The first-order valence-corrected chi connectivity index (χ1v) is 23.4. The normalized spacial score (nSPS) is 24.7. The molecule has 2 fully saturated rings. The lowest BCUT2D eigenvalue weighted by atomic mass is 9.96. The fourth-order valence-corrected chi connectivity index (χ4v) is 9.12. The van der Waals surface area contributed by atoms with Crippen LogP contribution in [0, 0.1) is 0 Å². The molecule has 0 radical (unpaired) electrons. The van der Waals surface area contributed by atoms with Gasteiger partial charge < -0.3 is 44.8 Å². The SMILES string of the molecule is CC[C@H]1NC(=O)[C@@H](NC(=O)c2ncccc2O)[C@@H](C)OC(=O)C(c2ccccc2)=NC(=O)[C@@H]2CC=C(CN3CCOCC3)CN2C(=O)[C@H](Cc2ccc(N(C)C)cc2)N(C)C(=O)[C@@H]2CCCN2C1=O. The van der Waals surface area contributed by atoms with Gasteiger partial charge in [0.1, 0.15) is 42.1 Å². The molecule has 3 N–H and O–H groups in total. The highest BCUT2D eigenvalue weighted by Gasteiger charge is 2.45. The van der Waals surface area contributed by atoms with Gasteiger partial charge in [0.05, 0.1) is 13.2 Å². The van der Waals surface area contributed by atoms with Crippen molar-refractivity contribution in [1.82, 2.24) is 35.2 Å². The van der Waals surface area contributed by atoms with Crippen LogP contribution in [-0.4, -0.2) is 180 Å².